The van der Waals surface area contributed by atoms with Crippen LogP contribution in [0.25, 0.3) is 10.8 Å². The molecule has 6 nitrogen and oxygen atoms in total. The second kappa shape index (κ2) is 10.4. The zero-order chi connectivity index (χ0) is 22.2. The number of rotatable bonds is 8. The van der Waals surface area contributed by atoms with Gasteiger partial charge in [-0.15, -0.1) is 0 Å². The standard InChI is InChI=1S/C25H26N2O4/c1-18(19-9-4-3-5-10-19)27(2)24(29)17-31-25(30)16-26-23(28)15-21-13-8-12-20-11-6-7-14-22(20)21/h3-14,18H,15-17H2,1-2H3,(H,26,28)/t18-/m1/s1. The van der Waals surface area contributed by atoms with Gasteiger partial charge in [0.1, 0.15) is 6.54 Å². The summed E-state index contributed by atoms with van der Waals surface area (Å²) < 4.78 is 5.04. The van der Waals surface area contributed by atoms with Crippen LogP contribution in [0.15, 0.2) is 72.8 Å². The van der Waals surface area contributed by atoms with Crippen molar-refractivity contribution in [2.24, 2.45) is 0 Å². The topological polar surface area (TPSA) is 75.7 Å². The first kappa shape index (κ1) is 22.0. The first-order valence-electron chi connectivity index (χ1n) is 10.2. The SMILES string of the molecule is C[C@H](c1ccccc1)N(C)C(=O)COC(=O)CNC(=O)Cc1cccc2ccccc12. The lowest BCUT2D eigenvalue weighted by molar-refractivity contribution is -0.152. The molecule has 0 aliphatic rings. The molecular weight excluding hydrogens is 392 g/mol. The number of ether oxygens (including phenoxy) is 1. The summed E-state index contributed by atoms with van der Waals surface area (Å²) in [5, 5.41) is 4.62. The van der Waals surface area contributed by atoms with Crippen LogP contribution < -0.4 is 5.32 Å². The highest BCUT2D eigenvalue weighted by Crippen LogP contribution is 2.19. The Morgan fingerprint density at radius 3 is 2.39 bits per heavy atom. The van der Waals surface area contributed by atoms with E-state index in [1.807, 2.05) is 79.7 Å². The van der Waals surface area contributed by atoms with Crippen molar-refractivity contribution in [1.82, 2.24) is 10.2 Å². The van der Waals surface area contributed by atoms with Crippen LogP contribution in [-0.4, -0.2) is 42.9 Å². The highest BCUT2D eigenvalue weighted by molar-refractivity contribution is 5.91. The third kappa shape index (κ3) is 5.92. The Morgan fingerprint density at radius 1 is 0.935 bits per heavy atom. The molecule has 0 aliphatic heterocycles. The maximum atomic E-state index is 12.3. The van der Waals surface area contributed by atoms with Gasteiger partial charge in [-0.05, 0) is 28.8 Å². The number of likely N-dealkylation sites (N-methyl/N-ethyl adjacent to an activating group) is 1. The van der Waals surface area contributed by atoms with Crippen LogP contribution in [0.2, 0.25) is 0 Å². The smallest absolute Gasteiger partial charge is 0.325 e. The molecule has 0 radical (unpaired) electrons. The van der Waals surface area contributed by atoms with Gasteiger partial charge in [0.15, 0.2) is 6.61 Å². The Bertz CT molecular complexity index is 1060. The van der Waals surface area contributed by atoms with Gasteiger partial charge in [0.2, 0.25) is 5.91 Å². The zero-order valence-corrected chi connectivity index (χ0v) is 17.7. The Balaban J connectivity index is 1.44. The third-order valence-corrected chi connectivity index (χ3v) is 5.27. The molecule has 0 bridgehead atoms. The Morgan fingerprint density at radius 2 is 1.61 bits per heavy atom. The fourth-order valence-electron chi connectivity index (χ4n) is 3.32. The van der Waals surface area contributed by atoms with E-state index in [1.165, 1.54) is 4.90 Å². The van der Waals surface area contributed by atoms with Crippen molar-refractivity contribution < 1.29 is 19.1 Å². The van der Waals surface area contributed by atoms with E-state index in [-0.39, 0.29) is 37.4 Å². The molecule has 31 heavy (non-hydrogen) atoms. The lowest BCUT2D eigenvalue weighted by atomic mass is 10.0. The number of nitrogens with one attached hydrogen (secondary N) is 1. The summed E-state index contributed by atoms with van der Waals surface area (Å²) in [5.74, 6) is -1.25. The largest absolute Gasteiger partial charge is 0.454 e. The summed E-state index contributed by atoms with van der Waals surface area (Å²) in [7, 11) is 1.67. The van der Waals surface area contributed by atoms with Crippen molar-refractivity contribution in [3.8, 4) is 0 Å². The first-order valence-corrected chi connectivity index (χ1v) is 10.2. The number of benzene rings is 3. The second-order valence-electron chi connectivity index (χ2n) is 7.34. The molecule has 0 unspecified atom stereocenters. The minimum absolute atomic E-state index is 0.146. The van der Waals surface area contributed by atoms with Gasteiger partial charge in [-0.2, -0.15) is 0 Å². The second-order valence-corrected chi connectivity index (χ2v) is 7.34. The number of fused-ring (bicyclic) bond motifs is 1. The van der Waals surface area contributed by atoms with Crippen LogP contribution in [0.3, 0.4) is 0 Å². The summed E-state index contributed by atoms with van der Waals surface area (Å²) in [6.45, 7) is 1.25. The van der Waals surface area contributed by atoms with Crippen LogP contribution in [0.5, 0.6) is 0 Å². The molecule has 1 atom stereocenters. The number of esters is 1. The van der Waals surface area contributed by atoms with Crippen molar-refractivity contribution in [2.45, 2.75) is 19.4 Å². The molecule has 1 N–H and O–H groups in total. The average molecular weight is 418 g/mol. The molecule has 3 aromatic rings. The van der Waals surface area contributed by atoms with Crippen molar-refractivity contribution >= 4 is 28.6 Å². The number of nitrogens with zero attached hydrogens (tertiary/aromatic N) is 1. The minimum Gasteiger partial charge on any atom is -0.454 e. The Kier molecular flexibility index (Phi) is 7.38. The summed E-state index contributed by atoms with van der Waals surface area (Å²) in [5.41, 5.74) is 1.88. The number of amides is 2. The summed E-state index contributed by atoms with van der Waals surface area (Å²) in [6.07, 6.45) is 0.158. The monoisotopic (exact) mass is 418 g/mol. The molecule has 3 rings (SSSR count). The Labute approximate surface area is 181 Å². The molecule has 6 heteroatoms. The molecular formula is C25H26N2O4. The summed E-state index contributed by atoms with van der Waals surface area (Å²) in [6, 6.07) is 23.1. The van der Waals surface area contributed by atoms with Crippen LogP contribution in [0.4, 0.5) is 0 Å². The highest BCUT2D eigenvalue weighted by Gasteiger charge is 2.19. The van der Waals surface area contributed by atoms with E-state index in [1.54, 1.807) is 7.05 Å². The van der Waals surface area contributed by atoms with Gasteiger partial charge in [-0.3, -0.25) is 14.4 Å². The summed E-state index contributed by atoms with van der Waals surface area (Å²) >= 11 is 0. The fourth-order valence-corrected chi connectivity index (χ4v) is 3.32. The quantitative estimate of drug-likeness (QED) is 0.570. The molecule has 160 valence electrons. The molecule has 0 aromatic heterocycles. The number of carbonyl (C=O) groups excluding carboxylic acids is 3. The van der Waals surface area contributed by atoms with E-state index in [0.717, 1.165) is 21.9 Å². The maximum absolute atomic E-state index is 12.3. The normalized spacial score (nSPS) is 11.5. The molecule has 0 aliphatic carbocycles. The van der Waals surface area contributed by atoms with E-state index in [2.05, 4.69) is 5.32 Å². The van der Waals surface area contributed by atoms with Crippen molar-refractivity contribution in [2.75, 3.05) is 20.2 Å². The first-order chi connectivity index (χ1) is 15.0. The number of carbonyl (C=O) groups is 3. The maximum Gasteiger partial charge on any atom is 0.325 e. The van der Waals surface area contributed by atoms with E-state index in [9.17, 15) is 14.4 Å². The van der Waals surface area contributed by atoms with E-state index in [0.29, 0.717) is 0 Å². The van der Waals surface area contributed by atoms with Crippen LogP contribution in [-0.2, 0) is 25.5 Å². The van der Waals surface area contributed by atoms with Crippen molar-refractivity contribution in [1.29, 1.82) is 0 Å². The number of hydrogen-bond acceptors (Lipinski definition) is 4. The fraction of sp³-hybridized carbons (Fsp3) is 0.240. The van der Waals surface area contributed by atoms with E-state index >= 15 is 0 Å². The lowest BCUT2D eigenvalue weighted by Gasteiger charge is -2.25. The van der Waals surface area contributed by atoms with Crippen LogP contribution in [0, 0.1) is 0 Å². The van der Waals surface area contributed by atoms with Crippen molar-refractivity contribution in [3.63, 3.8) is 0 Å². The zero-order valence-electron chi connectivity index (χ0n) is 17.7. The molecule has 0 fully saturated rings. The van der Waals surface area contributed by atoms with Gasteiger partial charge in [-0.25, -0.2) is 0 Å². The van der Waals surface area contributed by atoms with Gasteiger partial charge < -0.3 is 15.0 Å². The van der Waals surface area contributed by atoms with Gasteiger partial charge >= 0.3 is 5.97 Å². The molecule has 0 saturated heterocycles. The van der Waals surface area contributed by atoms with Gasteiger partial charge in [0.25, 0.3) is 5.91 Å². The molecule has 0 spiro atoms. The van der Waals surface area contributed by atoms with Gasteiger partial charge in [0.05, 0.1) is 12.5 Å². The lowest BCUT2D eigenvalue weighted by Crippen LogP contribution is -2.36. The van der Waals surface area contributed by atoms with Crippen molar-refractivity contribution in [3.05, 3.63) is 83.9 Å². The molecule has 0 saturated carbocycles. The highest BCUT2D eigenvalue weighted by atomic mass is 16.5. The third-order valence-electron chi connectivity index (χ3n) is 5.27. The predicted molar refractivity (Wildman–Crippen MR) is 119 cm³/mol. The van der Waals surface area contributed by atoms with Gasteiger partial charge in [0, 0.05) is 7.05 Å². The van der Waals surface area contributed by atoms with E-state index in [4.69, 9.17) is 4.74 Å². The molecule has 2 amide bonds. The minimum atomic E-state index is -0.652. The van der Waals surface area contributed by atoms with E-state index < -0.39 is 5.97 Å². The Hall–Kier alpha value is -3.67. The van der Waals surface area contributed by atoms with Crippen LogP contribution in [0.1, 0.15) is 24.1 Å². The average Bonchev–Trinajstić information content (AvgIpc) is 2.81. The molecule has 0 heterocycles. The molecule has 3 aromatic carbocycles. The summed E-state index contributed by atoms with van der Waals surface area (Å²) in [4.78, 5) is 38.1. The van der Waals surface area contributed by atoms with Crippen LogP contribution >= 0.6 is 0 Å². The van der Waals surface area contributed by atoms with Gasteiger partial charge in [-0.1, -0.05) is 72.8 Å². The predicted octanol–water partition coefficient (Wildman–Crippen LogP) is 3.26. The number of hydrogen-bond donors (Lipinski definition) is 1.